The van der Waals surface area contributed by atoms with Crippen LogP contribution in [0.15, 0.2) is 0 Å². The minimum atomic E-state index is 0.0607. The molecular weight excluding hydrogens is 214 g/mol. The quantitative estimate of drug-likeness (QED) is 0.801. The molecule has 1 atom stereocenters. The molecule has 0 bridgehead atoms. The van der Waals surface area contributed by atoms with Crippen molar-refractivity contribution in [1.29, 1.82) is 0 Å². The van der Waals surface area contributed by atoms with Gasteiger partial charge in [0, 0.05) is 19.1 Å². The Bertz CT molecular complexity index is 236. The third kappa shape index (κ3) is 3.67. The van der Waals surface area contributed by atoms with Gasteiger partial charge in [0.15, 0.2) is 0 Å². The zero-order chi connectivity index (χ0) is 12.3. The fourth-order valence-electron chi connectivity index (χ4n) is 3.29. The van der Waals surface area contributed by atoms with Crippen LogP contribution in [0.4, 0.5) is 0 Å². The van der Waals surface area contributed by atoms with Gasteiger partial charge in [0.1, 0.15) is 0 Å². The van der Waals surface area contributed by atoms with Crippen molar-refractivity contribution in [3.05, 3.63) is 0 Å². The lowest BCUT2D eigenvalue weighted by molar-refractivity contribution is -0.0351. The lowest BCUT2D eigenvalue weighted by Gasteiger charge is -2.31. The van der Waals surface area contributed by atoms with E-state index in [9.17, 15) is 5.11 Å². The molecule has 0 aromatic heterocycles. The summed E-state index contributed by atoms with van der Waals surface area (Å²) >= 11 is 0. The molecular formula is C14H27NO2. The van der Waals surface area contributed by atoms with Crippen molar-refractivity contribution in [3.8, 4) is 0 Å². The van der Waals surface area contributed by atoms with Gasteiger partial charge in [-0.1, -0.05) is 12.8 Å². The van der Waals surface area contributed by atoms with E-state index < -0.39 is 0 Å². The number of nitrogens with zero attached hydrogens (tertiary/aromatic N) is 1. The Labute approximate surface area is 105 Å². The first-order valence-electron chi connectivity index (χ1n) is 7.13. The molecule has 0 radical (unpaired) electrons. The van der Waals surface area contributed by atoms with Gasteiger partial charge in [0.2, 0.25) is 0 Å². The van der Waals surface area contributed by atoms with E-state index >= 15 is 0 Å². The van der Waals surface area contributed by atoms with Crippen molar-refractivity contribution < 1.29 is 9.84 Å². The molecule has 1 aliphatic carbocycles. The van der Waals surface area contributed by atoms with Crippen LogP contribution in [0, 0.1) is 0 Å². The Kier molecular flexibility index (Phi) is 4.45. The highest BCUT2D eigenvalue weighted by atomic mass is 16.5. The molecule has 3 nitrogen and oxygen atoms in total. The van der Waals surface area contributed by atoms with E-state index in [2.05, 4.69) is 18.7 Å². The number of hydrogen-bond donors (Lipinski definition) is 1. The van der Waals surface area contributed by atoms with Crippen molar-refractivity contribution in [2.45, 2.75) is 70.1 Å². The summed E-state index contributed by atoms with van der Waals surface area (Å²) in [6, 6.07) is 0.689. The highest BCUT2D eigenvalue weighted by molar-refractivity contribution is 4.85. The highest BCUT2D eigenvalue weighted by Crippen LogP contribution is 2.31. The topological polar surface area (TPSA) is 32.7 Å². The molecule has 0 aromatic rings. The zero-order valence-electron chi connectivity index (χ0n) is 11.3. The van der Waals surface area contributed by atoms with Crippen molar-refractivity contribution >= 4 is 0 Å². The Morgan fingerprint density at radius 2 is 1.94 bits per heavy atom. The number of rotatable bonds is 5. The summed E-state index contributed by atoms with van der Waals surface area (Å²) in [6.45, 7) is 6.45. The molecule has 0 aromatic carbocycles. The van der Waals surface area contributed by atoms with Gasteiger partial charge in [-0.15, -0.1) is 0 Å². The van der Waals surface area contributed by atoms with Gasteiger partial charge in [0.05, 0.1) is 18.3 Å². The smallest absolute Gasteiger partial charge is 0.0710 e. The van der Waals surface area contributed by atoms with Crippen LogP contribution in [-0.2, 0) is 4.74 Å². The maximum Gasteiger partial charge on any atom is 0.0710 e. The van der Waals surface area contributed by atoms with E-state index in [-0.39, 0.29) is 12.2 Å². The number of ether oxygens (including phenoxy) is 1. The molecule has 17 heavy (non-hydrogen) atoms. The minimum absolute atomic E-state index is 0.0607. The highest BCUT2D eigenvalue weighted by Gasteiger charge is 2.34. The third-order valence-corrected chi connectivity index (χ3v) is 4.22. The van der Waals surface area contributed by atoms with E-state index in [0.29, 0.717) is 12.1 Å². The number of aliphatic hydroxyl groups is 1. The van der Waals surface area contributed by atoms with Gasteiger partial charge in [-0.2, -0.15) is 0 Å². The van der Waals surface area contributed by atoms with Crippen LogP contribution in [0.5, 0.6) is 0 Å². The van der Waals surface area contributed by atoms with Crippen molar-refractivity contribution in [3.63, 3.8) is 0 Å². The third-order valence-electron chi connectivity index (χ3n) is 4.22. The molecule has 2 fully saturated rings. The van der Waals surface area contributed by atoms with E-state index in [1.807, 2.05) is 0 Å². The summed E-state index contributed by atoms with van der Waals surface area (Å²) in [5.74, 6) is 0. The SMILES string of the molecule is CC1(C)CCC(CN(CCO)C2CCCC2)O1. The second-order valence-corrected chi connectivity index (χ2v) is 6.20. The predicted octanol–water partition coefficient (Wildman–Crippen LogP) is 2.18. The lowest BCUT2D eigenvalue weighted by Crippen LogP contribution is -2.41. The molecule has 100 valence electrons. The van der Waals surface area contributed by atoms with Crippen LogP contribution in [0.3, 0.4) is 0 Å². The Morgan fingerprint density at radius 1 is 1.24 bits per heavy atom. The number of hydrogen-bond acceptors (Lipinski definition) is 3. The Balaban J connectivity index is 1.84. The summed E-state index contributed by atoms with van der Waals surface area (Å²) in [4.78, 5) is 2.46. The molecule has 0 amide bonds. The fourth-order valence-corrected chi connectivity index (χ4v) is 3.29. The van der Waals surface area contributed by atoms with Crippen molar-refractivity contribution in [1.82, 2.24) is 4.90 Å². The van der Waals surface area contributed by atoms with Crippen LogP contribution in [0.1, 0.15) is 52.4 Å². The van der Waals surface area contributed by atoms with Gasteiger partial charge in [0.25, 0.3) is 0 Å². The van der Waals surface area contributed by atoms with E-state index in [0.717, 1.165) is 19.5 Å². The average molecular weight is 241 g/mol. The number of aliphatic hydroxyl groups excluding tert-OH is 1. The summed E-state index contributed by atoms with van der Waals surface area (Å²) in [5, 5.41) is 9.19. The van der Waals surface area contributed by atoms with Crippen LogP contribution in [0.25, 0.3) is 0 Å². The largest absolute Gasteiger partial charge is 0.395 e. The molecule has 0 spiro atoms. The molecule has 1 N–H and O–H groups in total. The average Bonchev–Trinajstić information content (AvgIpc) is 2.87. The summed E-state index contributed by atoms with van der Waals surface area (Å²) in [7, 11) is 0. The minimum Gasteiger partial charge on any atom is -0.395 e. The van der Waals surface area contributed by atoms with Crippen LogP contribution in [0.2, 0.25) is 0 Å². The first-order valence-corrected chi connectivity index (χ1v) is 7.13. The van der Waals surface area contributed by atoms with Crippen LogP contribution < -0.4 is 0 Å². The van der Waals surface area contributed by atoms with Crippen LogP contribution in [-0.4, -0.2) is 47.4 Å². The van der Waals surface area contributed by atoms with Gasteiger partial charge in [-0.3, -0.25) is 4.90 Å². The zero-order valence-corrected chi connectivity index (χ0v) is 11.3. The molecule has 1 saturated heterocycles. The summed E-state index contributed by atoms with van der Waals surface area (Å²) < 4.78 is 6.06. The van der Waals surface area contributed by atoms with Gasteiger partial charge in [-0.05, 0) is 39.5 Å². The maximum atomic E-state index is 9.19. The lowest BCUT2D eigenvalue weighted by atomic mass is 10.1. The van der Waals surface area contributed by atoms with Gasteiger partial charge in [-0.25, -0.2) is 0 Å². The monoisotopic (exact) mass is 241 g/mol. The molecule has 2 rings (SSSR count). The van der Waals surface area contributed by atoms with E-state index in [4.69, 9.17) is 4.74 Å². The van der Waals surface area contributed by atoms with Crippen LogP contribution >= 0.6 is 0 Å². The first-order chi connectivity index (χ1) is 8.11. The van der Waals surface area contributed by atoms with Crippen molar-refractivity contribution in [2.24, 2.45) is 0 Å². The standard InChI is InChI=1S/C14H27NO2/c1-14(2)8-7-13(17-14)11-15(9-10-16)12-5-3-4-6-12/h12-13,16H,3-11H2,1-2H3. The molecule has 1 aliphatic heterocycles. The first kappa shape index (κ1) is 13.3. The molecule has 1 heterocycles. The van der Waals surface area contributed by atoms with Gasteiger partial charge < -0.3 is 9.84 Å². The molecule has 1 saturated carbocycles. The molecule has 1 unspecified atom stereocenters. The molecule has 3 heteroatoms. The van der Waals surface area contributed by atoms with Crippen molar-refractivity contribution in [2.75, 3.05) is 19.7 Å². The summed E-state index contributed by atoms with van der Waals surface area (Å²) in [6.07, 6.45) is 8.01. The second-order valence-electron chi connectivity index (χ2n) is 6.20. The van der Waals surface area contributed by atoms with Gasteiger partial charge >= 0.3 is 0 Å². The van der Waals surface area contributed by atoms with E-state index in [1.165, 1.54) is 32.1 Å². The maximum absolute atomic E-state index is 9.19. The normalized spacial score (nSPS) is 29.3. The molecule has 2 aliphatic rings. The summed E-state index contributed by atoms with van der Waals surface area (Å²) in [5.41, 5.74) is 0.0607. The Morgan fingerprint density at radius 3 is 2.47 bits per heavy atom. The fraction of sp³-hybridized carbons (Fsp3) is 1.00. The predicted molar refractivity (Wildman–Crippen MR) is 69.1 cm³/mol. The van der Waals surface area contributed by atoms with E-state index in [1.54, 1.807) is 0 Å². The second kappa shape index (κ2) is 5.68. The Hall–Kier alpha value is -0.120.